The number of pyridine rings is 1. The smallest absolute Gasteiger partial charge is 0.317 e. The monoisotopic (exact) mass is 278 g/mol. The van der Waals surface area contributed by atoms with Crippen molar-refractivity contribution in [1.82, 2.24) is 14.8 Å². The van der Waals surface area contributed by atoms with Crippen LogP contribution in [0, 0.1) is 0 Å². The molecular weight excluding hydrogens is 260 g/mol. The van der Waals surface area contributed by atoms with Crippen molar-refractivity contribution in [1.29, 1.82) is 0 Å². The topological polar surface area (TPSA) is 99.8 Å². The van der Waals surface area contributed by atoms with Crippen molar-refractivity contribution in [2.45, 2.75) is 6.54 Å². The fourth-order valence-corrected chi connectivity index (χ4v) is 2.21. The average Bonchev–Trinajstić information content (AvgIpc) is 2.47. The van der Waals surface area contributed by atoms with Crippen molar-refractivity contribution >= 4 is 11.9 Å². The van der Waals surface area contributed by atoms with Crippen LogP contribution in [-0.2, 0) is 11.3 Å². The minimum absolute atomic E-state index is 0.0224. The molecule has 1 fully saturated rings. The summed E-state index contributed by atoms with van der Waals surface area (Å²) in [7, 11) is 0. The van der Waals surface area contributed by atoms with Crippen molar-refractivity contribution in [3.63, 3.8) is 0 Å². The van der Waals surface area contributed by atoms with Crippen molar-refractivity contribution in [3.05, 3.63) is 29.6 Å². The third-order valence-electron chi connectivity index (χ3n) is 3.29. The molecule has 1 aliphatic heterocycles. The third-order valence-corrected chi connectivity index (χ3v) is 3.29. The Hall–Kier alpha value is -1.99. The number of amides is 1. The minimum atomic E-state index is -0.841. The van der Waals surface area contributed by atoms with E-state index in [9.17, 15) is 9.59 Å². The summed E-state index contributed by atoms with van der Waals surface area (Å²) in [5.41, 5.74) is 6.77. The summed E-state index contributed by atoms with van der Waals surface area (Å²) in [6, 6.07) is 3.37. The van der Waals surface area contributed by atoms with Gasteiger partial charge in [0.1, 0.15) is 0 Å². The first-order valence-corrected chi connectivity index (χ1v) is 6.48. The number of hydrogen-bond donors (Lipinski definition) is 2. The van der Waals surface area contributed by atoms with Crippen molar-refractivity contribution in [2.75, 3.05) is 32.7 Å². The summed E-state index contributed by atoms with van der Waals surface area (Å²) in [5, 5.41) is 8.74. The van der Waals surface area contributed by atoms with E-state index in [1.54, 1.807) is 23.2 Å². The predicted molar refractivity (Wildman–Crippen MR) is 72.1 cm³/mol. The number of nitrogens with two attached hydrogens (primary N) is 1. The van der Waals surface area contributed by atoms with Gasteiger partial charge >= 0.3 is 5.97 Å². The number of rotatable bonds is 4. The number of aliphatic carboxylic acids is 1. The predicted octanol–water partition coefficient (Wildman–Crippen LogP) is -0.617. The lowest BCUT2D eigenvalue weighted by atomic mass is 10.2. The standard InChI is InChI=1S/C13H18N4O3/c14-8-11-7-10(1-2-15-11)13(20)17-5-3-16(4-6-17)9-12(18)19/h1-2,7H,3-6,8-9,14H2,(H,18,19). The van der Waals surface area contributed by atoms with E-state index < -0.39 is 5.97 Å². The summed E-state index contributed by atoms with van der Waals surface area (Å²) >= 11 is 0. The summed E-state index contributed by atoms with van der Waals surface area (Å²) in [5.74, 6) is -0.899. The summed E-state index contributed by atoms with van der Waals surface area (Å²) in [6.45, 7) is 2.54. The Balaban J connectivity index is 1.96. The Labute approximate surface area is 117 Å². The summed E-state index contributed by atoms with van der Waals surface area (Å²) in [4.78, 5) is 30.6. The quantitative estimate of drug-likeness (QED) is 0.761. The number of carbonyl (C=O) groups excluding carboxylic acids is 1. The molecule has 1 aromatic heterocycles. The first kappa shape index (κ1) is 14.4. The molecule has 2 heterocycles. The normalized spacial score (nSPS) is 16.1. The van der Waals surface area contributed by atoms with Gasteiger partial charge in [0.15, 0.2) is 0 Å². The van der Waals surface area contributed by atoms with Gasteiger partial charge in [-0.3, -0.25) is 19.5 Å². The molecule has 1 saturated heterocycles. The Morgan fingerprint density at radius 1 is 1.30 bits per heavy atom. The van der Waals surface area contributed by atoms with Gasteiger partial charge in [-0.2, -0.15) is 0 Å². The van der Waals surface area contributed by atoms with E-state index in [0.717, 1.165) is 0 Å². The molecule has 0 atom stereocenters. The first-order valence-electron chi connectivity index (χ1n) is 6.48. The van der Waals surface area contributed by atoms with Gasteiger partial charge in [-0.1, -0.05) is 0 Å². The Bertz CT molecular complexity index is 498. The highest BCUT2D eigenvalue weighted by Gasteiger charge is 2.23. The van der Waals surface area contributed by atoms with Crippen LogP contribution in [-0.4, -0.2) is 64.5 Å². The Kier molecular flexibility index (Phi) is 4.65. The molecule has 1 aromatic rings. The fraction of sp³-hybridized carbons (Fsp3) is 0.462. The highest BCUT2D eigenvalue weighted by Crippen LogP contribution is 2.09. The van der Waals surface area contributed by atoms with Crippen molar-refractivity contribution < 1.29 is 14.7 Å². The summed E-state index contributed by atoms with van der Waals surface area (Å²) in [6.07, 6.45) is 1.58. The largest absolute Gasteiger partial charge is 0.480 e. The maximum atomic E-state index is 12.3. The number of aromatic nitrogens is 1. The maximum absolute atomic E-state index is 12.3. The van der Waals surface area contributed by atoms with E-state index in [0.29, 0.717) is 44.0 Å². The maximum Gasteiger partial charge on any atom is 0.317 e. The molecule has 20 heavy (non-hydrogen) atoms. The molecular formula is C13H18N4O3. The second-order valence-corrected chi connectivity index (χ2v) is 4.70. The number of hydrogen-bond acceptors (Lipinski definition) is 5. The molecule has 1 aliphatic rings. The van der Waals surface area contributed by atoms with Gasteiger partial charge in [0.2, 0.25) is 0 Å². The lowest BCUT2D eigenvalue weighted by molar-refractivity contribution is -0.138. The van der Waals surface area contributed by atoms with E-state index >= 15 is 0 Å². The number of carboxylic acids is 1. The Morgan fingerprint density at radius 2 is 2.00 bits per heavy atom. The molecule has 0 spiro atoms. The SMILES string of the molecule is NCc1cc(C(=O)N2CCN(CC(=O)O)CC2)ccn1. The zero-order chi connectivity index (χ0) is 14.5. The van der Waals surface area contributed by atoms with Gasteiger partial charge in [-0.15, -0.1) is 0 Å². The molecule has 7 nitrogen and oxygen atoms in total. The molecule has 0 aliphatic carbocycles. The van der Waals surface area contributed by atoms with Gasteiger partial charge in [0.25, 0.3) is 5.91 Å². The fourth-order valence-electron chi connectivity index (χ4n) is 2.21. The second kappa shape index (κ2) is 6.44. The van der Waals surface area contributed by atoms with E-state index in [2.05, 4.69) is 4.98 Å². The van der Waals surface area contributed by atoms with Crippen LogP contribution in [0.3, 0.4) is 0 Å². The van der Waals surface area contributed by atoms with E-state index in [1.807, 2.05) is 4.90 Å². The molecule has 1 amide bonds. The van der Waals surface area contributed by atoms with Gasteiger partial charge in [-0.25, -0.2) is 0 Å². The van der Waals surface area contributed by atoms with Gasteiger partial charge in [0.05, 0.1) is 12.2 Å². The van der Waals surface area contributed by atoms with E-state index in [4.69, 9.17) is 10.8 Å². The molecule has 0 bridgehead atoms. The zero-order valence-electron chi connectivity index (χ0n) is 11.2. The van der Waals surface area contributed by atoms with Crippen LogP contribution >= 0.6 is 0 Å². The lowest BCUT2D eigenvalue weighted by Gasteiger charge is -2.33. The van der Waals surface area contributed by atoms with Crippen LogP contribution in [0.2, 0.25) is 0 Å². The minimum Gasteiger partial charge on any atom is -0.480 e. The second-order valence-electron chi connectivity index (χ2n) is 4.70. The van der Waals surface area contributed by atoms with E-state index in [-0.39, 0.29) is 12.5 Å². The number of carbonyl (C=O) groups is 2. The van der Waals surface area contributed by atoms with Gasteiger partial charge in [0, 0.05) is 44.5 Å². The Morgan fingerprint density at radius 3 is 2.60 bits per heavy atom. The number of nitrogens with zero attached hydrogens (tertiary/aromatic N) is 3. The highest BCUT2D eigenvalue weighted by molar-refractivity contribution is 5.94. The van der Waals surface area contributed by atoms with Crippen LogP contribution in [0.15, 0.2) is 18.3 Å². The van der Waals surface area contributed by atoms with Crippen LogP contribution in [0.5, 0.6) is 0 Å². The molecule has 7 heteroatoms. The highest BCUT2D eigenvalue weighted by atomic mass is 16.4. The molecule has 0 radical (unpaired) electrons. The molecule has 0 aromatic carbocycles. The van der Waals surface area contributed by atoms with Crippen molar-refractivity contribution in [2.24, 2.45) is 5.73 Å². The molecule has 108 valence electrons. The zero-order valence-corrected chi connectivity index (χ0v) is 11.2. The third kappa shape index (κ3) is 3.52. The molecule has 0 saturated carbocycles. The van der Waals surface area contributed by atoms with Crippen molar-refractivity contribution in [3.8, 4) is 0 Å². The van der Waals surface area contributed by atoms with Crippen LogP contribution in [0.4, 0.5) is 0 Å². The lowest BCUT2D eigenvalue weighted by Crippen LogP contribution is -2.49. The molecule has 2 rings (SSSR count). The van der Waals surface area contributed by atoms with Gasteiger partial charge < -0.3 is 15.7 Å². The first-order chi connectivity index (χ1) is 9.60. The molecule has 3 N–H and O–H groups in total. The van der Waals surface area contributed by atoms with Crippen LogP contribution < -0.4 is 5.73 Å². The average molecular weight is 278 g/mol. The van der Waals surface area contributed by atoms with Gasteiger partial charge in [-0.05, 0) is 12.1 Å². The number of piperazine rings is 1. The van der Waals surface area contributed by atoms with Crippen LogP contribution in [0.25, 0.3) is 0 Å². The summed E-state index contributed by atoms with van der Waals surface area (Å²) < 4.78 is 0. The van der Waals surface area contributed by atoms with E-state index in [1.165, 1.54) is 0 Å². The van der Waals surface area contributed by atoms with Crippen LogP contribution in [0.1, 0.15) is 16.1 Å². The number of carboxylic acid groups (broad SMARTS) is 1. The molecule has 0 unspecified atom stereocenters.